The van der Waals surface area contributed by atoms with Crippen LogP contribution in [0.2, 0.25) is 0 Å². The number of hydrogen-bond acceptors (Lipinski definition) is 4. The van der Waals surface area contributed by atoms with Crippen LogP contribution in [0.15, 0.2) is 29.4 Å². The predicted octanol–water partition coefficient (Wildman–Crippen LogP) is 3.52. The van der Waals surface area contributed by atoms with Crippen molar-refractivity contribution in [1.29, 1.82) is 0 Å². The topological polar surface area (TPSA) is 42.9 Å². The van der Waals surface area contributed by atoms with Crippen LogP contribution in [0.25, 0.3) is 0 Å². The van der Waals surface area contributed by atoms with E-state index in [-0.39, 0.29) is 17.1 Å². The first-order valence-corrected chi connectivity index (χ1v) is 7.18. The number of Topliss-reactive ketones (excluding diaryl/α,β-unsaturated/α-hetero) is 1. The third-order valence-corrected chi connectivity index (χ3v) is 3.57. The Bertz CT molecular complexity index is 638. The first-order valence-electron chi connectivity index (χ1n) is 6.20. The molecule has 0 atom stereocenters. The molecule has 3 nitrogen and oxygen atoms in total. The second-order valence-electron chi connectivity index (χ2n) is 4.63. The summed E-state index contributed by atoms with van der Waals surface area (Å²) in [5.74, 6) is -0.602. The summed E-state index contributed by atoms with van der Waals surface area (Å²) in [7, 11) is 0. The van der Waals surface area contributed by atoms with E-state index in [2.05, 4.69) is 9.97 Å². The van der Waals surface area contributed by atoms with Crippen molar-refractivity contribution in [3.63, 3.8) is 0 Å². The van der Waals surface area contributed by atoms with E-state index in [0.717, 1.165) is 17.0 Å². The van der Waals surface area contributed by atoms with Gasteiger partial charge in [-0.3, -0.25) is 4.79 Å². The summed E-state index contributed by atoms with van der Waals surface area (Å²) in [6, 6.07) is 6.49. The van der Waals surface area contributed by atoms with Crippen molar-refractivity contribution in [2.75, 3.05) is 5.75 Å². The number of ketones is 1. The van der Waals surface area contributed by atoms with Gasteiger partial charge >= 0.3 is 0 Å². The minimum absolute atomic E-state index is 0.118. The SMILES string of the molecule is Cc1ccc(C(=O)CSc2nc(C)cc(C)n2)c(F)c1. The Kier molecular flexibility index (Phi) is 4.49. The Morgan fingerprint density at radius 2 is 1.80 bits per heavy atom. The summed E-state index contributed by atoms with van der Waals surface area (Å²) in [6.07, 6.45) is 0. The van der Waals surface area contributed by atoms with Gasteiger partial charge in [-0.1, -0.05) is 17.8 Å². The van der Waals surface area contributed by atoms with Crippen LogP contribution in [0, 0.1) is 26.6 Å². The maximum Gasteiger partial charge on any atom is 0.188 e. The molecule has 1 aromatic heterocycles. The van der Waals surface area contributed by atoms with Crippen molar-refractivity contribution in [3.05, 3.63) is 52.6 Å². The maximum absolute atomic E-state index is 13.7. The fourth-order valence-electron chi connectivity index (χ4n) is 1.81. The van der Waals surface area contributed by atoms with Gasteiger partial charge in [-0.2, -0.15) is 0 Å². The smallest absolute Gasteiger partial charge is 0.188 e. The molecule has 2 aromatic rings. The lowest BCUT2D eigenvalue weighted by Crippen LogP contribution is -2.06. The number of nitrogens with zero attached hydrogens (tertiary/aromatic N) is 2. The lowest BCUT2D eigenvalue weighted by atomic mass is 10.1. The first-order chi connectivity index (χ1) is 9.45. The molecule has 0 fully saturated rings. The highest BCUT2D eigenvalue weighted by Crippen LogP contribution is 2.18. The van der Waals surface area contributed by atoms with Gasteiger partial charge in [-0.15, -0.1) is 0 Å². The molecule has 0 aliphatic rings. The molecule has 0 N–H and O–H groups in total. The quantitative estimate of drug-likeness (QED) is 0.491. The second kappa shape index (κ2) is 6.13. The Labute approximate surface area is 121 Å². The zero-order valence-corrected chi connectivity index (χ0v) is 12.4. The molecule has 0 bridgehead atoms. The van der Waals surface area contributed by atoms with Crippen LogP contribution < -0.4 is 0 Å². The summed E-state index contributed by atoms with van der Waals surface area (Å²) in [4.78, 5) is 20.5. The highest BCUT2D eigenvalue weighted by atomic mass is 32.2. The normalized spacial score (nSPS) is 10.6. The number of carbonyl (C=O) groups excluding carboxylic acids is 1. The van der Waals surface area contributed by atoms with Gasteiger partial charge in [-0.25, -0.2) is 14.4 Å². The Balaban J connectivity index is 2.08. The second-order valence-corrected chi connectivity index (χ2v) is 5.57. The van der Waals surface area contributed by atoms with Crippen LogP contribution in [0.1, 0.15) is 27.3 Å². The Morgan fingerprint density at radius 1 is 1.15 bits per heavy atom. The van der Waals surface area contributed by atoms with E-state index in [9.17, 15) is 9.18 Å². The number of benzene rings is 1. The zero-order chi connectivity index (χ0) is 14.7. The number of hydrogen-bond donors (Lipinski definition) is 0. The van der Waals surface area contributed by atoms with Crippen molar-refractivity contribution in [2.24, 2.45) is 0 Å². The first kappa shape index (κ1) is 14.7. The highest BCUT2D eigenvalue weighted by molar-refractivity contribution is 7.99. The molecule has 2 rings (SSSR count). The number of aryl methyl sites for hydroxylation is 3. The maximum atomic E-state index is 13.7. The molecule has 0 spiro atoms. The molecule has 0 unspecified atom stereocenters. The average Bonchev–Trinajstić information content (AvgIpc) is 2.35. The fourth-order valence-corrected chi connectivity index (χ4v) is 2.65. The van der Waals surface area contributed by atoms with Gasteiger partial charge in [0.25, 0.3) is 0 Å². The van der Waals surface area contributed by atoms with Crippen LogP contribution in [0.3, 0.4) is 0 Å². The van der Waals surface area contributed by atoms with Gasteiger partial charge in [0.15, 0.2) is 10.9 Å². The molecule has 0 aliphatic heterocycles. The summed E-state index contributed by atoms with van der Waals surface area (Å²) < 4.78 is 13.7. The van der Waals surface area contributed by atoms with E-state index in [1.165, 1.54) is 23.9 Å². The molecule has 0 saturated carbocycles. The lowest BCUT2D eigenvalue weighted by molar-refractivity contribution is 0.101. The minimum Gasteiger partial charge on any atom is -0.293 e. The van der Waals surface area contributed by atoms with E-state index >= 15 is 0 Å². The fraction of sp³-hybridized carbons (Fsp3) is 0.267. The van der Waals surface area contributed by atoms with Crippen molar-refractivity contribution in [1.82, 2.24) is 9.97 Å². The average molecular weight is 290 g/mol. The zero-order valence-electron chi connectivity index (χ0n) is 11.6. The molecule has 0 aliphatic carbocycles. The van der Waals surface area contributed by atoms with E-state index in [0.29, 0.717) is 5.16 Å². The van der Waals surface area contributed by atoms with E-state index < -0.39 is 5.82 Å². The van der Waals surface area contributed by atoms with Crippen LogP contribution >= 0.6 is 11.8 Å². The highest BCUT2D eigenvalue weighted by Gasteiger charge is 2.13. The van der Waals surface area contributed by atoms with Crippen molar-refractivity contribution < 1.29 is 9.18 Å². The number of carbonyl (C=O) groups is 1. The molecule has 1 heterocycles. The summed E-state index contributed by atoms with van der Waals surface area (Å²) in [5, 5.41) is 0.545. The molecule has 20 heavy (non-hydrogen) atoms. The summed E-state index contributed by atoms with van der Waals surface area (Å²) in [5.41, 5.74) is 2.62. The number of aromatic nitrogens is 2. The molecule has 1 aromatic carbocycles. The van der Waals surface area contributed by atoms with E-state index in [4.69, 9.17) is 0 Å². The monoisotopic (exact) mass is 290 g/mol. The van der Waals surface area contributed by atoms with Crippen LogP contribution in [-0.4, -0.2) is 21.5 Å². The van der Waals surface area contributed by atoms with Crippen molar-refractivity contribution >= 4 is 17.5 Å². The molecule has 0 radical (unpaired) electrons. The number of rotatable bonds is 4. The molecular formula is C15H15FN2OS. The molecule has 5 heteroatoms. The summed E-state index contributed by atoms with van der Waals surface area (Å²) >= 11 is 1.23. The van der Waals surface area contributed by atoms with Gasteiger partial charge in [0.2, 0.25) is 0 Å². The van der Waals surface area contributed by atoms with Gasteiger partial charge in [-0.05, 0) is 44.5 Å². The standard InChI is InChI=1S/C15H15FN2OS/c1-9-4-5-12(13(16)6-9)14(19)8-20-15-17-10(2)7-11(3)18-15/h4-7H,8H2,1-3H3. The molecule has 0 amide bonds. The molecule has 104 valence electrons. The van der Waals surface area contributed by atoms with Crippen molar-refractivity contribution in [2.45, 2.75) is 25.9 Å². The van der Waals surface area contributed by atoms with Crippen LogP contribution in [-0.2, 0) is 0 Å². The van der Waals surface area contributed by atoms with Crippen molar-refractivity contribution in [3.8, 4) is 0 Å². The third-order valence-electron chi connectivity index (χ3n) is 2.72. The Morgan fingerprint density at radius 3 is 2.40 bits per heavy atom. The van der Waals surface area contributed by atoms with Gasteiger partial charge in [0, 0.05) is 11.4 Å². The number of halogens is 1. The van der Waals surface area contributed by atoms with Gasteiger partial charge in [0.05, 0.1) is 11.3 Å². The lowest BCUT2D eigenvalue weighted by Gasteiger charge is -2.04. The van der Waals surface area contributed by atoms with E-state index in [1.807, 2.05) is 19.9 Å². The Hall–Kier alpha value is -1.75. The summed E-state index contributed by atoms with van der Waals surface area (Å²) in [6.45, 7) is 5.54. The minimum atomic E-state index is -0.475. The van der Waals surface area contributed by atoms with Crippen LogP contribution in [0.4, 0.5) is 4.39 Å². The third kappa shape index (κ3) is 3.63. The van der Waals surface area contributed by atoms with Gasteiger partial charge in [0.1, 0.15) is 5.82 Å². The predicted molar refractivity (Wildman–Crippen MR) is 77.7 cm³/mol. The van der Waals surface area contributed by atoms with E-state index in [1.54, 1.807) is 13.0 Å². The molecule has 0 saturated heterocycles. The van der Waals surface area contributed by atoms with Crippen LogP contribution in [0.5, 0.6) is 0 Å². The van der Waals surface area contributed by atoms with Gasteiger partial charge < -0.3 is 0 Å². The number of thioether (sulfide) groups is 1. The largest absolute Gasteiger partial charge is 0.293 e. The molecular weight excluding hydrogens is 275 g/mol.